The molecule has 0 aliphatic rings. The third-order valence-electron chi connectivity index (χ3n) is 2.22. The van der Waals surface area contributed by atoms with Crippen molar-refractivity contribution in [1.82, 2.24) is 5.43 Å². The van der Waals surface area contributed by atoms with Crippen molar-refractivity contribution >= 4 is 11.6 Å². The number of hydrogen-bond acceptors (Lipinski definition) is 3. The maximum absolute atomic E-state index is 11.4. The van der Waals surface area contributed by atoms with Gasteiger partial charge in [0, 0.05) is 6.61 Å². The molecule has 0 unspecified atom stereocenters. The molecule has 1 N–H and O–H groups in total. The molecule has 0 atom stereocenters. The van der Waals surface area contributed by atoms with E-state index < -0.39 is 0 Å². The van der Waals surface area contributed by atoms with Gasteiger partial charge in [-0.25, -0.2) is 5.43 Å². The van der Waals surface area contributed by atoms with Gasteiger partial charge in [-0.2, -0.15) is 5.10 Å². The van der Waals surface area contributed by atoms with E-state index in [1.54, 1.807) is 0 Å². The second-order valence-electron chi connectivity index (χ2n) is 3.55. The summed E-state index contributed by atoms with van der Waals surface area (Å²) in [7, 11) is 0. The largest absolute Gasteiger partial charge is 0.381 e. The molecule has 1 aromatic carbocycles. The Labute approximate surface area is 102 Å². The molecule has 1 rings (SSSR count). The minimum Gasteiger partial charge on any atom is -0.381 e. The van der Waals surface area contributed by atoms with E-state index in [9.17, 15) is 4.79 Å². The van der Waals surface area contributed by atoms with Gasteiger partial charge in [0.15, 0.2) is 0 Å². The normalized spacial score (nSPS) is 11.3. The molecule has 1 aromatic rings. The van der Waals surface area contributed by atoms with Crippen LogP contribution in [0.5, 0.6) is 0 Å². The van der Waals surface area contributed by atoms with E-state index in [0.29, 0.717) is 19.6 Å². The molecule has 4 heteroatoms. The molecule has 92 valence electrons. The highest BCUT2D eigenvalue weighted by molar-refractivity contribution is 5.99. The Bertz CT molecular complexity index is 374. The number of nitrogens with one attached hydrogen (secondary N) is 1. The Morgan fingerprint density at radius 3 is 2.71 bits per heavy atom. The third kappa shape index (κ3) is 5.26. The zero-order valence-corrected chi connectivity index (χ0v) is 10.3. The summed E-state index contributed by atoms with van der Waals surface area (Å²) in [6, 6.07) is 9.71. The van der Waals surface area contributed by atoms with Gasteiger partial charge in [0.25, 0.3) is 0 Å². The Hall–Kier alpha value is -1.68. The van der Waals surface area contributed by atoms with Crippen LogP contribution in [0.3, 0.4) is 0 Å². The van der Waals surface area contributed by atoms with E-state index in [0.717, 1.165) is 11.3 Å². The fourth-order valence-electron chi connectivity index (χ4n) is 1.26. The summed E-state index contributed by atoms with van der Waals surface area (Å²) in [4.78, 5) is 11.4. The molecule has 0 aliphatic heterocycles. The van der Waals surface area contributed by atoms with Crippen molar-refractivity contribution in [1.29, 1.82) is 0 Å². The van der Waals surface area contributed by atoms with Crippen molar-refractivity contribution in [3.8, 4) is 0 Å². The first kappa shape index (κ1) is 13.4. The fraction of sp³-hybridized carbons (Fsp3) is 0.385. The monoisotopic (exact) mass is 234 g/mol. The predicted octanol–water partition coefficient (Wildman–Crippen LogP) is 1.95. The lowest BCUT2D eigenvalue weighted by Gasteiger charge is -2.03. The van der Waals surface area contributed by atoms with Crippen LogP contribution in [0.15, 0.2) is 35.4 Å². The second-order valence-corrected chi connectivity index (χ2v) is 3.55. The van der Waals surface area contributed by atoms with Crippen LogP contribution in [0.2, 0.25) is 0 Å². The molecule has 17 heavy (non-hydrogen) atoms. The molecular weight excluding hydrogens is 216 g/mol. The van der Waals surface area contributed by atoms with Gasteiger partial charge in [0.05, 0.1) is 18.7 Å². The fourth-order valence-corrected chi connectivity index (χ4v) is 1.26. The molecule has 0 aliphatic carbocycles. The average molecular weight is 234 g/mol. The van der Waals surface area contributed by atoms with Crippen molar-refractivity contribution in [2.24, 2.45) is 5.10 Å². The zero-order chi connectivity index (χ0) is 12.5. The summed E-state index contributed by atoms with van der Waals surface area (Å²) in [5, 5.41) is 4.03. The van der Waals surface area contributed by atoms with Gasteiger partial charge in [-0.15, -0.1) is 0 Å². The Balaban J connectivity index is 2.40. The van der Waals surface area contributed by atoms with Gasteiger partial charge in [-0.1, -0.05) is 30.3 Å². The molecule has 0 spiro atoms. The molecule has 0 radical (unpaired) electrons. The number of ether oxygens (including phenoxy) is 1. The lowest BCUT2D eigenvalue weighted by atomic mass is 10.1. The van der Waals surface area contributed by atoms with Gasteiger partial charge in [-0.3, -0.25) is 4.79 Å². The Morgan fingerprint density at radius 2 is 2.06 bits per heavy atom. The van der Waals surface area contributed by atoms with Gasteiger partial charge >= 0.3 is 0 Å². The van der Waals surface area contributed by atoms with E-state index in [1.807, 2.05) is 44.2 Å². The Morgan fingerprint density at radius 1 is 1.35 bits per heavy atom. The standard InChI is InChI=1S/C13H18N2O2/c1-3-17-10-9-13(16)15-14-11(2)12-7-5-4-6-8-12/h4-8H,3,9-10H2,1-2H3,(H,15,16)/b14-11+. The number of amides is 1. The Kier molecular flexibility index (Phi) is 5.96. The molecular formula is C13H18N2O2. The molecule has 0 saturated carbocycles. The maximum atomic E-state index is 11.4. The summed E-state index contributed by atoms with van der Waals surface area (Å²) >= 11 is 0. The van der Waals surface area contributed by atoms with Gasteiger partial charge in [-0.05, 0) is 19.4 Å². The SMILES string of the molecule is CCOCCC(=O)N/N=C(\C)c1ccccc1. The summed E-state index contributed by atoms with van der Waals surface area (Å²) in [5.41, 5.74) is 4.29. The van der Waals surface area contributed by atoms with Crippen molar-refractivity contribution in [3.05, 3.63) is 35.9 Å². The third-order valence-corrected chi connectivity index (χ3v) is 2.22. The lowest BCUT2D eigenvalue weighted by Crippen LogP contribution is -2.20. The predicted molar refractivity (Wildman–Crippen MR) is 67.9 cm³/mol. The van der Waals surface area contributed by atoms with Crippen LogP contribution in [-0.4, -0.2) is 24.8 Å². The first-order valence-corrected chi connectivity index (χ1v) is 5.70. The molecule has 0 bridgehead atoms. The number of carbonyl (C=O) groups is 1. The summed E-state index contributed by atoms with van der Waals surface area (Å²) in [5.74, 6) is -0.131. The highest BCUT2D eigenvalue weighted by atomic mass is 16.5. The number of rotatable bonds is 6. The number of hydrazone groups is 1. The average Bonchev–Trinajstić information content (AvgIpc) is 2.37. The van der Waals surface area contributed by atoms with E-state index in [-0.39, 0.29) is 5.91 Å². The molecule has 0 aromatic heterocycles. The van der Waals surface area contributed by atoms with Crippen LogP contribution >= 0.6 is 0 Å². The molecule has 4 nitrogen and oxygen atoms in total. The molecule has 0 saturated heterocycles. The highest BCUT2D eigenvalue weighted by Gasteiger charge is 2.00. The minimum absolute atomic E-state index is 0.131. The molecule has 1 amide bonds. The minimum atomic E-state index is -0.131. The number of hydrogen-bond donors (Lipinski definition) is 1. The maximum Gasteiger partial charge on any atom is 0.242 e. The van der Waals surface area contributed by atoms with Gasteiger partial charge in [0.1, 0.15) is 0 Å². The number of nitrogens with zero attached hydrogens (tertiary/aromatic N) is 1. The molecule has 0 fully saturated rings. The lowest BCUT2D eigenvalue weighted by molar-refractivity contribution is -0.122. The topological polar surface area (TPSA) is 50.7 Å². The van der Waals surface area contributed by atoms with Gasteiger partial charge < -0.3 is 4.74 Å². The van der Waals surface area contributed by atoms with E-state index in [2.05, 4.69) is 10.5 Å². The van der Waals surface area contributed by atoms with E-state index in [4.69, 9.17) is 4.74 Å². The smallest absolute Gasteiger partial charge is 0.242 e. The quantitative estimate of drug-likeness (QED) is 0.464. The summed E-state index contributed by atoms with van der Waals surface area (Å²) < 4.78 is 5.09. The summed E-state index contributed by atoms with van der Waals surface area (Å²) in [6.07, 6.45) is 0.333. The first-order chi connectivity index (χ1) is 8.24. The van der Waals surface area contributed by atoms with Crippen molar-refractivity contribution in [3.63, 3.8) is 0 Å². The van der Waals surface area contributed by atoms with Crippen molar-refractivity contribution < 1.29 is 9.53 Å². The van der Waals surface area contributed by atoms with Crippen molar-refractivity contribution in [2.75, 3.05) is 13.2 Å². The van der Waals surface area contributed by atoms with Crippen LogP contribution in [-0.2, 0) is 9.53 Å². The van der Waals surface area contributed by atoms with E-state index >= 15 is 0 Å². The van der Waals surface area contributed by atoms with Crippen LogP contribution in [0.1, 0.15) is 25.8 Å². The van der Waals surface area contributed by atoms with Crippen molar-refractivity contribution in [2.45, 2.75) is 20.3 Å². The number of benzene rings is 1. The second kappa shape index (κ2) is 7.57. The van der Waals surface area contributed by atoms with Crippen LogP contribution in [0.4, 0.5) is 0 Å². The van der Waals surface area contributed by atoms with Crippen LogP contribution in [0.25, 0.3) is 0 Å². The van der Waals surface area contributed by atoms with Crippen LogP contribution in [0, 0.1) is 0 Å². The van der Waals surface area contributed by atoms with Gasteiger partial charge in [0.2, 0.25) is 5.91 Å². The van der Waals surface area contributed by atoms with Crippen LogP contribution < -0.4 is 5.43 Å². The molecule has 0 heterocycles. The number of carbonyl (C=O) groups excluding carboxylic acids is 1. The highest BCUT2D eigenvalue weighted by Crippen LogP contribution is 1.99. The summed E-state index contributed by atoms with van der Waals surface area (Å²) in [6.45, 7) is 4.82. The van der Waals surface area contributed by atoms with E-state index in [1.165, 1.54) is 0 Å². The zero-order valence-electron chi connectivity index (χ0n) is 10.3. The first-order valence-electron chi connectivity index (χ1n) is 5.70.